The number of anilines is 2. The Hall–Kier alpha value is -2.47. The van der Waals surface area contributed by atoms with Crippen molar-refractivity contribution < 1.29 is 14.3 Å². The smallest absolute Gasteiger partial charge is 0.238 e. The summed E-state index contributed by atoms with van der Waals surface area (Å²) in [5, 5.41) is 2.67. The van der Waals surface area contributed by atoms with E-state index in [4.69, 9.17) is 4.74 Å². The fraction of sp³-hybridized carbons (Fsp3) is 0.222. The van der Waals surface area contributed by atoms with E-state index in [1.165, 1.54) is 6.92 Å². The highest BCUT2D eigenvalue weighted by molar-refractivity contribution is 8.00. The van der Waals surface area contributed by atoms with Gasteiger partial charge in [-0.05, 0) is 42.0 Å². The van der Waals surface area contributed by atoms with Crippen molar-refractivity contribution >= 4 is 35.0 Å². The summed E-state index contributed by atoms with van der Waals surface area (Å²) < 4.78 is 5.19. The first-order chi connectivity index (χ1) is 11.6. The van der Waals surface area contributed by atoms with Crippen molar-refractivity contribution in [3.8, 4) is 5.75 Å². The van der Waals surface area contributed by atoms with Gasteiger partial charge in [0.25, 0.3) is 0 Å². The summed E-state index contributed by atoms with van der Waals surface area (Å²) >= 11 is 1.60. The van der Waals surface area contributed by atoms with E-state index in [0.29, 0.717) is 11.4 Å². The average Bonchev–Trinajstić information content (AvgIpc) is 2.97. The number of ether oxygens (including phenoxy) is 1. The van der Waals surface area contributed by atoms with Crippen molar-refractivity contribution in [1.29, 1.82) is 0 Å². The number of hydrogen-bond acceptors (Lipinski definition) is 4. The molecule has 2 aromatic rings. The molecule has 0 spiro atoms. The molecule has 6 heteroatoms. The fourth-order valence-electron chi connectivity index (χ4n) is 2.63. The normalized spacial score (nSPS) is 17.0. The molecule has 0 radical (unpaired) electrons. The third-order valence-electron chi connectivity index (χ3n) is 3.73. The molecule has 0 saturated carbocycles. The molecular weight excluding hydrogens is 324 g/mol. The lowest BCUT2D eigenvalue weighted by molar-refractivity contribution is -0.116. The quantitative estimate of drug-likeness (QED) is 0.925. The summed E-state index contributed by atoms with van der Waals surface area (Å²) in [6, 6.07) is 15.1. The summed E-state index contributed by atoms with van der Waals surface area (Å²) in [5.41, 5.74) is 2.59. The molecule has 3 rings (SSSR count). The molecule has 0 aliphatic carbocycles. The highest BCUT2D eigenvalue weighted by Crippen LogP contribution is 2.42. The average molecular weight is 342 g/mol. The van der Waals surface area contributed by atoms with Crippen LogP contribution < -0.4 is 15.0 Å². The number of methoxy groups -OCH3 is 1. The van der Waals surface area contributed by atoms with Gasteiger partial charge in [-0.1, -0.05) is 12.1 Å². The molecule has 1 N–H and O–H groups in total. The van der Waals surface area contributed by atoms with Crippen molar-refractivity contribution in [3.63, 3.8) is 0 Å². The van der Waals surface area contributed by atoms with Gasteiger partial charge in [-0.25, -0.2) is 0 Å². The molecule has 1 aliphatic heterocycles. The fourth-order valence-corrected chi connectivity index (χ4v) is 3.80. The molecule has 1 heterocycles. The lowest BCUT2D eigenvalue weighted by Crippen LogP contribution is -2.27. The molecule has 0 bridgehead atoms. The minimum Gasteiger partial charge on any atom is -0.497 e. The number of amides is 2. The third-order valence-corrected chi connectivity index (χ3v) is 4.95. The van der Waals surface area contributed by atoms with Crippen LogP contribution in [0.5, 0.6) is 5.75 Å². The van der Waals surface area contributed by atoms with E-state index in [2.05, 4.69) is 5.32 Å². The van der Waals surface area contributed by atoms with Crippen molar-refractivity contribution in [2.75, 3.05) is 23.1 Å². The summed E-state index contributed by atoms with van der Waals surface area (Å²) in [6.07, 6.45) is 0. The maximum atomic E-state index is 12.4. The molecule has 0 unspecified atom stereocenters. The standard InChI is InChI=1S/C18H18N2O3S/c1-12(21)19-14-5-7-15(8-6-14)20-17(22)11-24-18(20)13-3-9-16(23-2)10-4-13/h3-10,18H,11H2,1-2H3,(H,19,21)/t18-/m0/s1. The minimum absolute atomic E-state index is 0.0602. The Morgan fingerprint density at radius 1 is 1.17 bits per heavy atom. The number of nitrogens with one attached hydrogen (secondary N) is 1. The largest absolute Gasteiger partial charge is 0.497 e. The van der Waals surface area contributed by atoms with Gasteiger partial charge >= 0.3 is 0 Å². The zero-order chi connectivity index (χ0) is 17.1. The second-order valence-corrected chi connectivity index (χ2v) is 6.50. The Kier molecular flexibility index (Phi) is 4.76. The minimum atomic E-state index is -0.119. The third kappa shape index (κ3) is 3.38. The van der Waals surface area contributed by atoms with E-state index in [1.807, 2.05) is 36.4 Å². The SMILES string of the molecule is COc1ccc([C@@H]2SCC(=O)N2c2ccc(NC(C)=O)cc2)cc1. The molecule has 124 valence electrons. The van der Waals surface area contributed by atoms with Gasteiger partial charge in [0.15, 0.2) is 0 Å². The van der Waals surface area contributed by atoms with Crippen LogP contribution in [0.4, 0.5) is 11.4 Å². The van der Waals surface area contributed by atoms with Crippen LogP contribution in [-0.2, 0) is 9.59 Å². The molecule has 1 fully saturated rings. The lowest BCUT2D eigenvalue weighted by Gasteiger charge is -2.24. The van der Waals surface area contributed by atoms with E-state index in [-0.39, 0.29) is 17.2 Å². The molecule has 2 amide bonds. The Morgan fingerprint density at radius 3 is 2.42 bits per heavy atom. The van der Waals surface area contributed by atoms with E-state index in [0.717, 1.165) is 17.0 Å². The maximum Gasteiger partial charge on any atom is 0.238 e. The number of hydrogen-bond donors (Lipinski definition) is 1. The molecular formula is C18H18N2O3S. The van der Waals surface area contributed by atoms with Gasteiger partial charge < -0.3 is 10.1 Å². The lowest BCUT2D eigenvalue weighted by atomic mass is 10.1. The monoisotopic (exact) mass is 342 g/mol. The summed E-state index contributed by atoms with van der Waals surface area (Å²) in [6.45, 7) is 1.47. The van der Waals surface area contributed by atoms with Crippen LogP contribution in [0.2, 0.25) is 0 Å². The molecule has 24 heavy (non-hydrogen) atoms. The van der Waals surface area contributed by atoms with Crippen LogP contribution in [0.3, 0.4) is 0 Å². The highest BCUT2D eigenvalue weighted by Gasteiger charge is 2.33. The van der Waals surface area contributed by atoms with Crippen LogP contribution in [-0.4, -0.2) is 24.7 Å². The van der Waals surface area contributed by atoms with E-state index in [9.17, 15) is 9.59 Å². The Bertz CT molecular complexity index is 744. The van der Waals surface area contributed by atoms with E-state index >= 15 is 0 Å². The Morgan fingerprint density at radius 2 is 1.83 bits per heavy atom. The van der Waals surface area contributed by atoms with Gasteiger partial charge in [-0.2, -0.15) is 0 Å². The molecule has 0 aromatic heterocycles. The first-order valence-corrected chi connectivity index (χ1v) is 8.58. The predicted octanol–water partition coefficient (Wildman–Crippen LogP) is 3.43. The summed E-state index contributed by atoms with van der Waals surface area (Å²) in [7, 11) is 1.63. The van der Waals surface area contributed by atoms with Crippen molar-refractivity contribution in [3.05, 3.63) is 54.1 Å². The predicted molar refractivity (Wildman–Crippen MR) is 96.4 cm³/mol. The van der Waals surface area contributed by atoms with Crippen LogP contribution in [0.15, 0.2) is 48.5 Å². The van der Waals surface area contributed by atoms with Crippen molar-refractivity contribution in [2.45, 2.75) is 12.3 Å². The Labute approximate surface area is 145 Å². The first-order valence-electron chi connectivity index (χ1n) is 7.54. The van der Waals surface area contributed by atoms with Gasteiger partial charge in [0.2, 0.25) is 11.8 Å². The van der Waals surface area contributed by atoms with Gasteiger partial charge in [0.1, 0.15) is 11.1 Å². The topological polar surface area (TPSA) is 58.6 Å². The van der Waals surface area contributed by atoms with Crippen LogP contribution in [0, 0.1) is 0 Å². The first kappa shape index (κ1) is 16.4. The second-order valence-electron chi connectivity index (χ2n) is 5.43. The van der Waals surface area contributed by atoms with Crippen molar-refractivity contribution in [1.82, 2.24) is 0 Å². The van der Waals surface area contributed by atoms with Crippen LogP contribution in [0.1, 0.15) is 17.9 Å². The summed E-state index contributed by atoms with van der Waals surface area (Å²) in [4.78, 5) is 25.3. The second kappa shape index (κ2) is 6.97. The summed E-state index contributed by atoms with van der Waals surface area (Å²) in [5.74, 6) is 1.20. The van der Waals surface area contributed by atoms with Crippen LogP contribution >= 0.6 is 11.8 Å². The van der Waals surface area contributed by atoms with Crippen molar-refractivity contribution in [2.24, 2.45) is 0 Å². The number of rotatable bonds is 4. The van der Waals surface area contributed by atoms with E-state index in [1.54, 1.807) is 35.9 Å². The number of nitrogens with zero attached hydrogens (tertiary/aromatic N) is 1. The Balaban J connectivity index is 1.86. The number of carbonyl (C=O) groups is 2. The van der Waals surface area contributed by atoms with E-state index < -0.39 is 0 Å². The maximum absolute atomic E-state index is 12.4. The number of thioether (sulfide) groups is 1. The molecule has 1 atom stereocenters. The van der Waals surface area contributed by atoms with Gasteiger partial charge in [0, 0.05) is 18.3 Å². The highest BCUT2D eigenvalue weighted by atomic mass is 32.2. The molecule has 1 aliphatic rings. The van der Waals surface area contributed by atoms with Crippen LogP contribution in [0.25, 0.3) is 0 Å². The molecule has 5 nitrogen and oxygen atoms in total. The number of benzene rings is 2. The van der Waals surface area contributed by atoms with Gasteiger partial charge in [-0.15, -0.1) is 11.8 Å². The zero-order valence-corrected chi connectivity index (χ0v) is 14.3. The number of carbonyl (C=O) groups excluding carboxylic acids is 2. The zero-order valence-electron chi connectivity index (χ0n) is 13.5. The molecule has 2 aromatic carbocycles. The molecule has 1 saturated heterocycles. The van der Waals surface area contributed by atoms with Gasteiger partial charge in [0.05, 0.1) is 12.9 Å². The van der Waals surface area contributed by atoms with Gasteiger partial charge in [-0.3, -0.25) is 14.5 Å².